The lowest BCUT2D eigenvalue weighted by Crippen LogP contribution is -2.45. The number of halogens is 2. The van der Waals surface area contributed by atoms with Gasteiger partial charge in [-0.05, 0) is 25.0 Å². The summed E-state index contributed by atoms with van der Waals surface area (Å²) in [5.74, 6) is 0. The number of nitrogens with zero attached hydrogens (tertiary/aromatic N) is 1. The van der Waals surface area contributed by atoms with Gasteiger partial charge in [-0.25, -0.2) is 8.78 Å². The maximum atomic E-state index is 12.9. The van der Waals surface area contributed by atoms with E-state index in [-0.39, 0.29) is 12.5 Å². The molecule has 1 fully saturated rings. The molecule has 1 saturated heterocycles. The molecule has 106 valence electrons. The topological polar surface area (TPSA) is 15.3 Å². The molecule has 0 aliphatic carbocycles. The molecule has 1 heterocycles. The largest absolute Gasteiger partial charge is 0.314 e. The highest BCUT2D eigenvalue weighted by Crippen LogP contribution is 2.30. The van der Waals surface area contributed by atoms with E-state index < -0.39 is 6.43 Å². The predicted octanol–water partition coefficient (Wildman–Crippen LogP) is 2.90. The first kappa shape index (κ1) is 14.4. The molecule has 1 aliphatic heterocycles. The van der Waals surface area contributed by atoms with Gasteiger partial charge in [0.15, 0.2) is 0 Å². The van der Waals surface area contributed by atoms with Crippen molar-refractivity contribution >= 4 is 0 Å². The number of nitrogens with one attached hydrogen (secondary N) is 1. The van der Waals surface area contributed by atoms with Gasteiger partial charge in [-0.1, -0.05) is 23.8 Å². The summed E-state index contributed by atoms with van der Waals surface area (Å²) in [6.07, 6.45) is -2.34. The highest BCUT2D eigenvalue weighted by molar-refractivity contribution is 5.33. The number of benzene rings is 1. The van der Waals surface area contributed by atoms with Crippen LogP contribution in [0.25, 0.3) is 0 Å². The molecule has 2 rings (SSSR count). The normalized spacial score (nSPS) is 18.8. The Morgan fingerprint density at radius 1 is 1.21 bits per heavy atom. The second-order valence-electron chi connectivity index (χ2n) is 5.29. The Balaban J connectivity index is 2.25. The van der Waals surface area contributed by atoms with Crippen LogP contribution in [0.15, 0.2) is 18.2 Å². The van der Waals surface area contributed by atoms with Gasteiger partial charge >= 0.3 is 0 Å². The SMILES string of the molecule is Cc1ccc([C@H](CC(F)F)N2CCNCC2)c(C)c1. The van der Waals surface area contributed by atoms with Gasteiger partial charge in [0.05, 0.1) is 0 Å². The van der Waals surface area contributed by atoms with E-state index >= 15 is 0 Å². The molecule has 0 spiro atoms. The average Bonchev–Trinajstić information content (AvgIpc) is 2.37. The van der Waals surface area contributed by atoms with Crippen molar-refractivity contribution in [2.24, 2.45) is 0 Å². The molecule has 0 bridgehead atoms. The van der Waals surface area contributed by atoms with Crippen molar-refractivity contribution in [3.05, 3.63) is 34.9 Å². The number of hydrogen-bond acceptors (Lipinski definition) is 2. The van der Waals surface area contributed by atoms with Crippen molar-refractivity contribution in [1.82, 2.24) is 10.2 Å². The maximum absolute atomic E-state index is 12.9. The number of aryl methyl sites for hydroxylation is 2. The van der Waals surface area contributed by atoms with Gasteiger partial charge in [-0.3, -0.25) is 4.90 Å². The van der Waals surface area contributed by atoms with E-state index in [0.29, 0.717) is 0 Å². The van der Waals surface area contributed by atoms with Crippen LogP contribution < -0.4 is 5.32 Å². The molecule has 0 amide bonds. The van der Waals surface area contributed by atoms with Gasteiger partial charge in [0, 0.05) is 38.6 Å². The van der Waals surface area contributed by atoms with Gasteiger partial charge in [-0.15, -0.1) is 0 Å². The van der Waals surface area contributed by atoms with Crippen LogP contribution in [0.2, 0.25) is 0 Å². The fourth-order valence-electron chi connectivity index (χ4n) is 2.83. The second-order valence-corrected chi connectivity index (χ2v) is 5.29. The Labute approximate surface area is 113 Å². The van der Waals surface area contributed by atoms with E-state index in [9.17, 15) is 8.78 Å². The first-order valence-electron chi connectivity index (χ1n) is 6.88. The molecular formula is C15H22F2N2. The summed E-state index contributed by atoms with van der Waals surface area (Å²) in [5, 5.41) is 3.27. The monoisotopic (exact) mass is 268 g/mol. The summed E-state index contributed by atoms with van der Waals surface area (Å²) in [5.41, 5.74) is 3.34. The Kier molecular flexibility index (Phi) is 4.88. The van der Waals surface area contributed by atoms with Crippen molar-refractivity contribution in [3.63, 3.8) is 0 Å². The quantitative estimate of drug-likeness (QED) is 0.903. The van der Waals surface area contributed by atoms with Crippen LogP contribution >= 0.6 is 0 Å². The average molecular weight is 268 g/mol. The third kappa shape index (κ3) is 3.74. The highest BCUT2D eigenvalue weighted by Gasteiger charge is 2.26. The van der Waals surface area contributed by atoms with Gasteiger partial charge in [0.25, 0.3) is 0 Å². The Morgan fingerprint density at radius 2 is 1.89 bits per heavy atom. The summed E-state index contributed by atoms with van der Waals surface area (Å²) in [6.45, 7) is 7.48. The first-order chi connectivity index (χ1) is 9.08. The van der Waals surface area contributed by atoms with Crippen molar-refractivity contribution < 1.29 is 8.78 Å². The predicted molar refractivity (Wildman–Crippen MR) is 73.7 cm³/mol. The van der Waals surface area contributed by atoms with Crippen LogP contribution in [0, 0.1) is 13.8 Å². The minimum absolute atomic E-state index is 0.0795. The maximum Gasteiger partial charge on any atom is 0.240 e. The molecule has 2 nitrogen and oxygen atoms in total. The standard InChI is InChI=1S/C15H22F2N2/c1-11-3-4-13(12(2)9-11)14(10-15(16)17)19-7-5-18-6-8-19/h3-4,9,14-15,18H,5-8,10H2,1-2H3/t14-/m0/s1. The number of piperazine rings is 1. The van der Waals surface area contributed by atoms with Crippen molar-refractivity contribution in [1.29, 1.82) is 0 Å². The Bertz CT molecular complexity index is 415. The lowest BCUT2D eigenvalue weighted by Gasteiger charge is -2.36. The van der Waals surface area contributed by atoms with Crippen molar-refractivity contribution in [2.45, 2.75) is 32.7 Å². The van der Waals surface area contributed by atoms with Crippen molar-refractivity contribution in [3.8, 4) is 0 Å². The number of hydrogen-bond donors (Lipinski definition) is 1. The molecule has 1 atom stereocenters. The summed E-state index contributed by atoms with van der Waals surface area (Å²) < 4.78 is 25.8. The minimum atomic E-state index is -2.26. The summed E-state index contributed by atoms with van der Waals surface area (Å²) in [7, 11) is 0. The summed E-state index contributed by atoms with van der Waals surface area (Å²) in [6, 6.07) is 5.95. The van der Waals surface area contributed by atoms with E-state index in [1.807, 2.05) is 26.0 Å². The van der Waals surface area contributed by atoms with Gasteiger partial charge in [0.2, 0.25) is 6.43 Å². The zero-order valence-corrected chi connectivity index (χ0v) is 11.6. The fourth-order valence-corrected chi connectivity index (χ4v) is 2.83. The van der Waals surface area contributed by atoms with Crippen LogP contribution in [0.5, 0.6) is 0 Å². The Hall–Kier alpha value is -1.00. The molecule has 1 aliphatic rings. The molecule has 0 aromatic heterocycles. The van der Waals surface area contributed by atoms with Gasteiger partial charge in [-0.2, -0.15) is 0 Å². The van der Waals surface area contributed by atoms with Gasteiger partial charge < -0.3 is 5.32 Å². The molecule has 19 heavy (non-hydrogen) atoms. The fraction of sp³-hybridized carbons (Fsp3) is 0.600. The Morgan fingerprint density at radius 3 is 2.47 bits per heavy atom. The van der Waals surface area contributed by atoms with E-state index in [1.54, 1.807) is 0 Å². The lowest BCUT2D eigenvalue weighted by molar-refractivity contribution is 0.0737. The first-order valence-corrected chi connectivity index (χ1v) is 6.88. The van der Waals surface area contributed by atoms with E-state index in [1.165, 1.54) is 5.56 Å². The lowest BCUT2D eigenvalue weighted by atomic mass is 9.95. The van der Waals surface area contributed by atoms with E-state index in [2.05, 4.69) is 16.3 Å². The van der Waals surface area contributed by atoms with Crippen molar-refractivity contribution in [2.75, 3.05) is 26.2 Å². The molecule has 0 radical (unpaired) electrons. The summed E-state index contributed by atoms with van der Waals surface area (Å²) >= 11 is 0. The van der Waals surface area contributed by atoms with Crippen LogP contribution in [-0.2, 0) is 0 Å². The smallest absolute Gasteiger partial charge is 0.240 e. The van der Waals surface area contributed by atoms with Crippen LogP contribution in [-0.4, -0.2) is 37.5 Å². The van der Waals surface area contributed by atoms with Crippen LogP contribution in [0.4, 0.5) is 8.78 Å². The van der Waals surface area contributed by atoms with Gasteiger partial charge in [0.1, 0.15) is 0 Å². The number of alkyl halides is 2. The molecule has 1 N–H and O–H groups in total. The second kappa shape index (κ2) is 6.44. The molecule has 4 heteroatoms. The van der Waals surface area contributed by atoms with E-state index in [0.717, 1.165) is 37.3 Å². The summed E-state index contributed by atoms with van der Waals surface area (Å²) in [4.78, 5) is 2.18. The molecule has 0 unspecified atom stereocenters. The van der Waals surface area contributed by atoms with E-state index in [4.69, 9.17) is 0 Å². The zero-order chi connectivity index (χ0) is 13.8. The third-order valence-corrected chi connectivity index (χ3v) is 3.78. The number of rotatable bonds is 4. The van der Waals surface area contributed by atoms with Crippen LogP contribution in [0.3, 0.4) is 0 Å². The molecule has 1 aromatic rings. The van der Waals surface area contributed by atoms with Crippen LogP contribution in [0.1, 0.15) is 29.2 Å². The molecule has 0 saturated carbocycles. The highest BCUT2D eigenvalue weighted by atomic mass is 19.3. The molecular weight excluding hydrogens is 246 g/mol. The zero-order valence-electron chi connectivity index (χ0n) is 11.6. The molecule has 1 aromatic carbocycles. The minimum Gasteiger partial charge on any atom is -0.314 e. The third-order valence-electron chi connectivity index (χ3n) is 3.78.